The summed E-state index contributed by atoms with van der Waals surface area (Å²) < 4.78 is 24.0. The van der Waals surface area contributed by atoms with Gasteiger partial charge in [-0.3, -0.25) is 9.59 Å². The van der Waals surface area contributed by atoms with Crippen LogP contribution < -0.4 is 0 Å². The number of hydrogen-bond donors (Lipinski definition) is 1. The second kappa shape index (κ2) is 11.3. The summed E-state index contributed by atoms with van der Waals surface area (Å²) in [6.45, 7) is 7.06. The van der Waals surface area contributed by atoms with E-state index in [1.807, 2.05) is 0 Å². The quantitative estimate of drug-likeness (QED) is 0.170. The molecule has 3 rings (SSSR count). The molecule has 0 amide bonds. The summed E-state index contributed by atoms with van der Waals surface area (Å²) in [7, 11) is 1.70. The molecular weight excluding hydrogens is 424 g/mol. The molecule has 7 heteroatoms. The highest BCUT2D eigenvalue weighted by atomic mass is 16.6. The van der Waals surface area contributed by atoms with Gasteiger partial charge in [0, 0.05) is 20.0 Å². The van der Waals surface area contributed by atoms with Gasteiger partial charge in [-0.25, -0.2) is 0 Å². The molecule has 0 aromatic heterocycles. The Kier molecular flexibility index (Phi) is 8.98. The first-order chi connectivity index (χ1) is 15.7. The lowest BCUT2D eigenvalue weighted by Crippen LogP contribution is -2.55. The maximum Gasteiger partial charge on any atom is 0.306 e. The van der Waals surface area contributed by atoms with E-state index in [4.69, 9.17) is 24.1 Å². The molecule has 3 aliphatic rings. The SMILES string of the molecule is CO[C@@H]1[C@H](OC(=O)CCCCCCCCC(=O)O)CC[C@]2(CO2)[C@H]1[C@@]1(C)O[C@@H]1CC=C(C)C. The smallest absolute Gasteiger partial charge is 0.306 e. The first-order valence-electron chi connectivity index (χ1n) is 12.6. The van der Waals surface area contributed by atoms with Crippen molar-refractivity contribution in [1.82, 2.24) is 0 Å². The third-order valence-corrected chi connectivity index (χ3v) is 7.54. The molecule has 0 radical (unpaired) electrons. The van der Waals surface area contributed by atoms with Gasteiger partial charge in [0.15, 0.2) is 0 Å². The van der Waals surface area contributed by atoms with Gasteiger partial charge in [-0.05, 0) is 52.9 Å². The van der Waals surface area contributed by atoms with Gasteiger partial charge in [0.2, 0.25) is 0 Å². The van der Waals surface area contributed by atoms with Crippen LogP contribution in [0.15, 0.2) is 11.6 Å². The molecular formula is C26H42O7. The molecule has 1 aliphatic carbocycles. The minimum absolute atomic E-state index is 0.0444. The van der Waals surface area contributed by atoms with Crippen molar-refractivity contribution < 1.29 is 33.6 Å². The summed E-state index contributed by atoms with van der Waals surface area (Å²) in [6.07, 6.45) is 10.4. The minimum atomic E-state index is -0.734. The van der Waals surface area contributed by atoms with Crippen LogP contribution in [0.5, 0.6) is 0 Å². The van der Waals surface area contributed by atoms with Gasteiger partial charge in [-0.15, -0.1) is 0 Å². The molecule has 1 saturated carbocycles. The van der Waals surface area contributed by atoms with Crippen LogP contribution >= 0.6 is 0 Å². The highest BCUT2D eigenvalue weighted by Gasteiger charge is 2.72. The lowest BCUT2D eigenvalue weighted by atomic mass is 9.68. The van der Waals surface area contributed by atoms with Crippen molar-refractivity contribution in [3.8, 4) is 0 Å². The monoisotopic (exact) mass is 466 g/mol. The first kappa shape index (κ1) is 26.2. The number of hydrogen-bond acceptors (Lipinski definition) is 6. The fourth-order valence-electron chi connectivity index (χ4n) is 5.55. The van der Waals surface area contributed by atoms with Crippen LogP contribution in [0.1, 0.15) is 91.4 Å². The highest BCUT2D eigenvalue weighted by Crippen LogP contribution is 2.59. The van der Waals surface area contributed by atoms with Crippen LogP contribution in [0.25, 0.3) is 0 Å². The molecule has 188 valence electrons. The van der Waals surface area contributed by atoms with Gasteiger partial charge in [-0.1, -0.05) is 37.3 Å². The van der Waals surface area contributed by atoms with Crippen molar-refractivity contribution in [2.24, 2.45) is 5.92 Å². The summed E-state index contributed by atoms with van der Waals surface area (Å²) in [6, 6.07) is 0. The van der Waals surface area contributed by atoms with E-state index in [0.717, 1.165) is 64.4 Å². The van der Waals surface area contributed by atoms with E-state index in [1.165, 1.54) is 5.57 Å². The largest absolute Gasteiger partial charge is 0.481 e. The summed E-state index contributed by atoms with van der Waals surface area (Å²) in [5, 5.41) is 8.66. The number of esters is 1. The number of allylic oxidation sites excluding steroid dienone is 1. The number of aliphatic carboxylic acids is 1. The van der Waals surface area contributed by atoms with Crippen molar-refractivity contribution >= 4 is 11.9 Å². The maximum atomic E-state index is 12.6. The van der Waals surface area contributed by atoms with Crippen LogP contribution in [0, 0.1) is 5.92 Å². The van der Waals surface area contributed by atoms with E-state index >= 15 is 0 Å². The average Bonchev–Trinajstić information content (AvgIpc) is 3.67. The number of carbonyl (C=O) groups excluding carboxylic acids is 1. The molecule has 3 fully saturated rings. The van der Waals surface area contributed by atoms with Crippen LogP contribution in [-0.2, 0) is 28.5 Å². The standard InChI is InChI=1S/C26H42O7/c1-18(2)13-14-20-25(3,33-20)24-23(30-4)19(15-16-26(24)17-31-26)32-22(29)12-10-8-6-5-7-9-11-21(27)28/h13,19-20,23-24H,5-12,14-17H2,1-4H3,(H,27,28)/t19-,20-,23-,24-,25+,26+/m1/s1. The molecule has 2 heterocycles. The summed E-state index contributed by atoms with van der Waals surface area (Å²) in [5.74, 6) is -0.855. The third-order valence-electron chi connectivity index (χ3n) is 7.54. The second-order valence-corrected chi connectivity index (χ2v) is 10.4. The number of rotatable bonds is 14. The molecule has 7 nitrogen and oxygen atoms in total. The fraction of sp³-hybridized carbons (Fsp3) is 0.846. The number of ether oxygens (including phenoxy) is 4. The van der Waals surface area contributed by atoms with Crippen LogP contribution in [-0.4, -0.2) is 60.3 Å². The van der Waals surface area contributed by atoms with E-state index in [2.05, 4.69) is 26.8 Å². The Balaban J connectivity index is 1.45. The van der Waals surface area contributed by atoms with E-state index in [9.17, 15) is 9.59 Å². The molecule has 1 N–H and O–H groups in total. The number of carboxylic acid groups (broad SMARTS) is 1. The van der Waals surface area contributed by atoms with Crippen molar-refractivity contribution in [2.75, 3.05) is 13.7 Å². The van der Waals surface area contributed by atoms with E-state index in [-0.39, 0.29) is 47.8 Å². The van der Waals surface area contributed by atoms with Gasteiger partial charge in [0.25, 0.3) is 0 Å². The van der Waals surface area contributed by atoms with Gasteiger partial charge in [0.05, 0.1) is 18.6 Å². The molecule has 0 aromatic rings. The average molecular weight is 467 g/mol. The first-order valence-corrected chi connectivity index (χ1v) is 12.6. The van der Waals surface area contributed by atoms with Gasteiger partial charge < -0.3 is 24.1 Å². The molecule has 6 atom stereocenters. The summed E-state index contributed by atoms with van der Waals surface area (Å²) >= 11 is 0. The van der Waals surface area contributed by atoms with Crippen molar-refractivity contribution in [3.05, 3.63) is 11.6 Å². The lowest BCUT2D eigenvalue weighted by Gasteiger charge is -2.42. The van der Waals surface area contributed by atoms with Crippen LogP contribution in [0.2, 0.25) is 0 Å². The Bertz CT molecular complexity index is 709. The van der Waals surface area contributed by atoms with Crippen molar-refractivity contribution in [3.63, 3.8) is 0 Å². The Labute approximate surface area is 198 Å². The summed E-state index contributed by atoms with van der Waals surface area (Å²) in [5.41, 5.74) is 0.748. The third kappa shape index (κ3) is 6.80. The Morgan fingerprint density at radius 2 is 1.73 bits per heavy atom. The second-order valence-electron chi connectivity index (χ2n) is 10.4. The fourth-order valence-corrected chi connectivity index (χ4v) is 5.55. The Morgan fingerprint density at radius 1 is 1.09 bits per heavy atom. The molecule has 2 aliphatic heterocycles. The minimum Gasteiger partial charge on any atom is -0.481 e. The number of carboxylic acids is 1. The molecule has 33 heavy (non-hydrogen) atoms. The molecule has 0 aromatic carbocycles. The zero-order chi connectivity index (χ0) is 24.1. The Hall–Kier alpha value is -1.44. The van der Waals surface area contributed by atoms with Crippen molar-refractivity contribution in [2.45, 2.75) is 121 Å². The van der Waals surface area contributed by atoms with Gasteiger partial charge >= 0.3 is 11.9 Å². The number of epoxide rings is 2. The normalized spacial score (nSPS) is 34.7. The van der Waals surface area contributed by atoms with E-state index in [1.54, 1.807) is 7.11 Å². The lowest BCUT2D eigenvalue weighted by molar-refractivity contribution is -0.172. The number of methoxy groups -OCH3 is 1. The van der Waals surface area contributed by atoms with Crippen LogP contribution in [0.3, 0.4) is 0 Å². The van der Waals surface area contributed by atoms with E-state index in [0.29, 0.717) is 6.42 Å². The van der Waals surface area contributed by atoms with Crippen molar-refractivity contribution in [1.29, 1.82) is 0 Å². The van der Waals surface area contributed by atoms with Gasteiger partial charge in [-0.2, -0.15) is 0 Å². The van der Waals surface area contributed by atoms with Crippen LogP contribution in [0.4, 0.5) is 0 Å². The topological polar surface area (TPSA) is 97.9 Å². The Morgan fingerprint density at radius 3 is 2.30 bits per heavy atom. The van der Waals surface area contributed by atoms with Gasteiger partial charge in [0.1, 0.15) is 23.4 Å². The zero-order valence-corrected chi connectivity index (χ0v) is 20.8. The van der Waals surface area contributed by atoms with E-state index < -0.39 is 5.97 Å². The molecule has 1 spiro atoms. The maximum absolute atomic E-state index is 12.6. The molecule has 0 bridgehead atoms. The summed E-state index contributed by atoms with van der Waals surface area (Å²) in [4.78, 5) is 23.1. The molecule has 2 saturated heterocycles. The number of carbonyl (C=O) groups is 2. The zero-order valence-electron chi connectivity index (χ0n) is 20.8. The predicted octanol–water partition coefficient (Wildman–Crippen LogP) is 4.81. The molecule has 0 unspecified atom stereocenters. The predicted molar refractivity (Wildman–Crippen MR) is 124 cm³/mol. The number of unbranched alkanes of at least 4 members (excludes halogenated alkanes) is 5. The highest BCUT2D eigenvalue weighted by molar-refractivity contribution is 5.69.